The Balaban J connectivity index is 1.95. The Hall–Kier alpha value is -0.860. The third kappa shape index (κ3) is 3.56. The van der Waals surface area contributed by atoms with Crippen LogP contribution in [0.4, 0.5) is 0 Å². The molecule has 2 atom stereocenters. The zero-order valence-electron chi connectivity index (χ0n) is 11.4. The van der Waals surface area contributed by atoms with Gasteiger partial charge in [0.05, 0.1) is 6.10 Å². The number of benzene rings is 1. The molecule has 0 fully saturated rings. The number of aliphatic hydroxyl groups excluding tert-OH is 1. The van der Waals surface area contributed by atoms with E-state index in [-0.39, 0.29) is 6.10 Å². The van der Waals surface area contributed by atoms with Crippen molar-refractivity contribution in [3.05, 3.63) is 35.4 Å². The van der Waals surface area contributed by atoms with E-state index in [4.69, 9.17) is 0 Å². The average Bonchev–Trinajstić information content (AvgIpc) is 2.61. The monoisotopic (exact) mass is 247 g/mol. The largest absolute Gasteiger partial charge is 0.393 e. The number of rotatable bonds is 5. The lowest BCUT2D eigenvalue weighted by molar-refractivity contribution is 0.158. The molecule has 0 heterocycles. The maximum Gasteiger partial charge on any atom is 0.0549 e. The van der Waals surface area contributed by atoms with Crippen LogP contribution in [0.5, 0.6) is 0 Å². The summed E-state index contributed by atoms with van der Waals surface area (Å²) in [6.45, 7) is 2.94. The summed E-state index contributed by atoms with van der Waals surface area (Å²) < 4.78 is 0. The zero-order chi connectivity index (χ0) is 12.8. The van der Waals surface area contributed by atoms with Crippen molar-refractivity contribution in [2.75, 3.05) is 6.54 Å². The molecule has 1 aromatic carbocycles. The fraction of sp³-hybridized carbons (Fsp3) is 0.625. The number of nitrogens with one attached hydrogen (secondary N) is 1. The first-order chi connectivity index (χ1) is 8.81. The molecule has 100 valence electrons. The molecule has 0 amide bonds. The number of aryl methyl sites for hydroxylation is 1. The normalized spacial score (nSPS) is 21.1. The van der Waals surface area contributed by atoms with Crippen LogP contribution >= 0.6 is 0 Å². The van der Waals surface area contributed by atoms with Crippen molar-refractivity contribution in [2.24, 2.45) is 0 Å². The molecule has 18 heavy (non-hydrogen) atoms. The topological polar surface area (TPSA) is 32.3 Å². The van der Waals surface area contributed by atoms with Gasteiger partial charge in [0.25, 0.3) is 0 Å². The van der Waals surface area contributed by atoms with Crippen LogP contribution in [0.15, 0.2) is 24.3 Å². The van der Waals surface area contributed by atoms with Gasteiger partial charge in [-0.1, -0.05) is 37.6 Å². The van der Waals surface area contributed by atoms with E-state index in [1.165, 1.54) is 36.8 Å². The summed E-state index contributed by atoms with van der Waals surface area (Å²) in [6, 6.07) is 9.28. The summed E-state index contributed by atoms with van der Waals surface area (Å²) in [6.07, 6.45) is 6.58. The fourth-order valence-corrected chi connectivity index (χ4v) is 2.76. The van der Waals surface area contributed by atoms with E-state index >= 15 is 0 Å². The molecule has 0 saturated carbocycles. The van der Waals surface area contributed by atoms with Crippen LogP contribution in [0.1, 0.15) is 56.2 Å². The molecule has 0 aromatic heterocycles. The maximum absolute atomic E-state index is 9.60. The third-order valence-corrected chi connectivity index (χ3v) is 3.96. The first-order valence-corrected chi connectivity index (χ1v) is 7.30. The van der Waals surface area contributed by atoms with E-state index in [0.29, 0.717) is 6.04 Å². The van der Waals surface area contributed by atoms with Crippen molar-refractivity contribution in [1.29, 1.82) is 0 Å². The second-order valence-corrected chi connectivity index (χ2v) is 5.30. The smallest absolute Gasteiger partial charge is 0.0549 e. The SMILES string of the molecule is CCC(O)CCNC1CCCCc2ccccc21. The van der Waals surface area contributed by atoms with E-state index in [0.717, 1.165) is 19.4 Å². The molecule has 0 radical (unpaired) electrons. The van der Waals surface area contributed by atoms with Crippen molar-refractivity contribution < 1.29 is 5.11 Å². The lowest BCUT2D eigenvalue weighted by atomic mass is 9.99. The highest BCUT2D eigenvalue weighted by Gasteiger charge is 2.17. The van der Waals surface area contributed by atoms with Crippen LogP contribution in [0.2, 0.25) is 0 Å². The van der Waals surface area contributed by atoms with E-state index in [1.807, 2.05) is 6.92 Å². The van der Waals surface area contributed by atoms with E-state index < -0.39 is 0 Å². The lowest BCUT2D eigenvalue weighted by Crippen LogP contribution is -2.25. The van der Waals surface area contributed by atoms with Crippen molar-refractivity contribution >= 4 is 0 Å². The van der Waals surface area contributed by atoms with Crippen molar-refractivity contribution in [1.82, 2.24) is 5.32 Å². The highest BCUT2D eigenvalue weighted by molar-refractivity contribution is 5.31. The number of hydrogen-bond acceptors (Lipinski definition) is 2. The summed E-state index contributed by atoms with van der Waals surface area (Å²) in [5.74, 6) is 0. The first kappa shape index (κ1) is 13.6. The van der Waals surface area contributed by atoms with Crippen LogP contribution in [-0.4, -0.2) is 17.8 Å². The summed E-state index contributed by atoms with van der Waals surface area (Å²) >= 11 is 0. The minimum Gasteiger partial charge on any atom is -0.393 e. The predicted octanol–water partition coefficient (Wildman–Crippen LogP) is 3.20. The molecule has 1 aliphatic rings. The highest BCUT2D eigenvalue weighted by Crippen LogP contribution is 2.28. The summed E-state index contributed by atoms with van der Waals surface area (Å²) in [4.78, 5) is 0. The molecular formula is C16H25NO. The Labute approximate surface area is 110 Å². The molecule has 1 aromatic rings. The van der Waals surface area contributed by atoms with Gasteiger partial charge >= 0.3 is 0 Å². The Morgan fingerprint density at radius 1 is 1.33 bits per heavy atom. The van der Waals surface area contributed by atoms with Crippen LogP contribution in [0.3, 0.4) is 0 Å². The molecule has 2 rings (SSSR count). The summed E-state index contributed by atoms with van der Waals surface area (Å²) in [5, 5.41) is 13.2. The molecular weight excluding hydrogens is 222 g/mol. The number of fused-ring (bicyclic) bond motifs is 1. The van der Waals surface area contributed by atoms with Gasteiger partial charge in [0.1, 0.15) is 0 Å². The van der Waals surface area contributed by atoms with E-state index in [9.17, 15) is 5.11 Å². The minimum atomic E-state index is -0.154. The molecule has 2 nitrogen and oxygen atoms in total. The molecule has 1 aliphatic carbocycles. The average molecular weight is 247 g/mol. The highest BCUT2D eigenvalue weighted by atomic mass is 16.3. The van der Waals surface area contributed by atoms with E-state index in [1.54, 1.807) is 0 Å². The van der Waals surface area contributed by atoms with Crippen molar-refractivity contribution in [3.63, 3.8) is 0 Å². The van der Waals surface area contributed by atoms with Crippen molar-refractivity contribution in [2.45, 2.75) is 57.6 Å². The Bertz CT molecular complexity index is 364. The first-order valence-electron chi connectivity index (χ1n) is 7.30. The molecule has 2 heteroatoms. The van der Waals surface area contributed by atoms with Gasteiger partial charge in [-0.05, 0) is 49.8 Å². The van der Waals surface area contributed by atoms with Gasteiger partial charge in [-0.25, -0.2) is 0 Å². The van der Waals surface area contributed by atoms with Crippen molar-refractivity contribution in [3.8, 4) is 0 Å². The lowest BCUT2D eigenvalue weighted by Gasteiger charge is -2.20. The van der Waals surface area contributed by atoms with Gasteiger partial charge < -0.3 is 10.4 Å². The quantitative estimate of drug-likeness (QED) is 0.783. The molecule has 0 bridgehead atoms. The standard InChI is InChI=1S/C16H25NO/c1-2-14(18)11-12-17-16-10-6-4-8-13-7-3-5-9-15(13)16/h3,5,7,9,14,16-18H,2,4,6,8,10-12H2,1H3. The Morgan fingerprint density at radius 3 is 3.00 bits per heavy atom. The van der Waals surface area contributed by atoms with Gasteiger partial charge in [0.2, 0.25) is 0 Å². The van der Waals surface area contributed by atoms with E-state index in [2.05, 4.69) is 29.6 Å². The van der Waals surface area contributed by atoms with Gasteiger partial charge in [0, 0.05) is 6.04 Å². The number of aliphatic hydroxyl groups is 1. The molecule has 0 saturated heterocycles. The molecule has 2 N–H and O–H groups in total. The second-order valence-electron chi connectivity index (χ2n) is 5.30. The third-order valence-electron chi connectivity index (χ3n) is 3.96. The van der Waals surface area contributed by atoms with Crippen LogP contribution < -0.4 is 5.32 Å². The van der Waals surface area contributed by atoms with Crippen LogP contribution in [-0.2, 0) is 6.42 Å². The number of hydrogen-bond donors (Lipinski definition) is 2. The molecule has 2 unspecified atom stereocenters. The molecule has 0 aliphatic heterocycles. The Kier molecular flexibility index (Phi) is 5.21. The fourth-order valence-electron chi connectivity index (χ4n) is 2.76. The molecule has 0 spiro atoms. The van der Waals surface area contributed by atoms with Crippen LogP contribution in [0, 0.1) is 0 Å². The van der Waals surface area contributed by atoms with Crippen LogP contribution in [0.25, 0.3) is 0 Å². The predicted molar refractivity (Wildman–Crippen MR) is 75.7 cm³/mol. The zero-order valence-corrected chi connectivity index (χ0v) is 11.4. The Morgan fingerprint density at radius 2 is 2.17 bits per heavy atom. The van der Waals surface area contributed by atoms with Gasteiger partial charge in [0.15, 0.2) is 0 Å². The summed E-state index contributed by atoms with van der Waals surface area (Å²) in [7, 11) is 0. The second kappa shape index (κ2) is 6.91. The van der Waals surface area contributed by atoms with Gasteiger partial charge in [-0.15, -0.1) is 0 Å². The summed E-state index contributed by atoms with van der Waals surface area (Å²) in [5.41, 5.74) is 2.98. The minimum absolute atomic E-state index is 0.154. The van der Waals surface area contributed by atoms with Gasteiger partial charge in [-0.2, -0.15) is 0 Å². The maximum atomic E-state index is 9.60. The van der Waals surface area contributed by atoms with Gasteiger partial charge in [-0.3, -0.25) is 0 Å².